The number of carbonyl (C=O) groups is 4. The molecule has 1 spiro atoms. The highest BCUT2D eigenvalue weighted by atomic mass is 19.3. The molecule has 16 heteroatoms. The largest absolute Gasteiger partial charge is 0.453 e. The fourth-order valence-corrected chi connectivity index (χ4v) is 11.0. The van der Waals surface area contributed by atoms with Crippen molar-refractivity contribution in [3.63, 3.8) is 0 Å². The third-order valence-electron chi connectivity index (χ3n) is 14.6. The number of fused-ring (bicyclic) bond motifs is 6. The summed E-state index contributed by atoms with van der Waals surface area (Å²) in [6.45, 7) is 8.00. The van der Waals surface area contributed by atoms with E-state index in [0.29, 0.717) is 58.1 Å². The van der Waals surface area contributed by atoms with Gasteiger partial charge in [0.05, 0.1) is 42.1 Å². The average Bonchev–Trinajstić information content (AvgIpc) is 3.95. The molecule has 2 saturated carbocycles. The molecule has 0 unspecified atom stereocenters. The van der Waals surface area contributed by atoms with Crippen LogP contribution < -0.4 is 10.6 Å². The summed E-state index contributed by atoms with van der Waals surface area (Å²) in [4.78, 5) is 72.5. The molecule has 4 fully saturated rings. The van der Waals surface area contributed by atoms with Gasteiger partial charge in [-0.15, -0.1) is 0 Å². The van der Waals surface area contributed by atoms with E-state index in [1.807, 2.05) is 62.9 Å². The second kappa shape index (κ2) is 15.7. The fourth-order valence-electron chi connectivity index (χ4n) is 11.0. The quantitative estimate of drug-likeness (QED) is 0.108. The number of hydrogen-bond donors (Lipinski definition) is 4. The minimum Gasteiger partial charge on any atom is -0.453 e. The van der Waals surface area contributed by atoms with Gasteiger partial charge in [-0.3, -0.25) is 9.59 Å². The molecule has 3 aromatic carbocycles. The molecule has 2 saturated heterocycles. The Morgan fingerprint density at radius 2 is 1.54 bits per heavy atom. The monoisotopic (exact) mass is 888 g/mol. The molecule has 65 heavy (non-hydrogen) atoms. The van der Waals surface area contributed by atoms with Crippen molar-refractivity contribution < 1.29 is 37.4 Å². The number of rotatable bonds is 10. The lowest BCUT2D eigenvalue weighted by Crippen LogP contribution is -2.54. The minimum atomic E-state index is -3.29. The zero-order valence-corrected chi connectivity index (χ0v) is 37.3. The number of aromatic nitrogens is 4. The number of imidazole rings is 2. The molecular formula is C49H54F2N8O6. The van der Waals surface area contributed by atoms with Crippen LogP contribution in [0, 0.1) is 23.2 Å². The number of benzene rings is 3. The van der Waals surface area contributed by atoms with Gasteiger partial charge in [0.2, 0.25) is 5.91 Å². The van der Waals surface area contributed by atoms with Gasteiger partial charge in [0.1, 0.15) is 17.7 Å². The lowest BCUT2D eigenvalue weighted by Gasteiger charge is -2.37. The van der Waals surface area contributed by atoms with Gasteiger partial charge in [-0.1, -0.05) is 58.0 Å². The van der Waals surface area contributed by atoms with Gasteiger partial charge in [0.25, 0.3) is 11.8 Å². The molecule has 6 atom stereocenters. The molecule has 4 N–H and O–H groups in total. The first-order valence-corrected chi connectivity index (χ1v) is 22.7. The lowest BCUT2D eigenvalue weighted by molar-refractivity contribution is -0.144. The molecule has 5 aromatic rings. The maximum absolute atomic E-state index is 16.7. The van der Waals surface area contributed by atoms with Crippen molar-refractivity contribution >= 4 is 35.0 Å². The van der Waals surface area contributed by atoms with Gasteiger partial charge in [-0.25, -0.2) is 19.6 Å². The number of hydrogen-bond acceptors (Lipinski definition) is 8. The summed E-state index contributed by atoms with van der Waals surface area (Å²) in [6, 6.07) is 14.5. The molecule has 5 aliphatic rings. The van der Waals surface area contributed by atoms with E-state index in [9.17, 15) is 19.2 Å². The number of nitrogens with one attached hydrogen (secondary N) is 4. The van der Waals surface area contributed by atoms with Crippen LogP contribution in [0.25, 0.3) is 44.5 Å². The van der Waals surface area contributed by atoms with Crippen molar-refractivity contribution in [1.29, 1.82) is 0 Å². The first-order valence-electron chi connectivity index (χ1n) is 22.7. The van der Waals surface area contributed by atoms with Crippen LogP contribution in [0.1, 0.15) is 101 Å². The molecule has 0 radical (unpaired) electrons. The normalized spacial score (nSPS) is 22.9. The number of nitrogens with zero attached hydrogens (tertiary/aromatic N) is 4. The maximum Gasteiger partial charge on any atom is 0.407 e. The molecule has 3 aliphatic carbocycles. The smallest absolute Gasteiger partial charge is 0.407 e. The Labute approximate surface area is 375 Å². The zero-order valence-electron chi connectivity index (χ0n) is 37.3. The number of aromatic amines is 2. The number of halogens is 2. The lowest BCUT2D eigenvalue weighted by atomic mass is 9.95. The summed E-state index contributed by atoms with van der Waals surface area (Å²) in [5, 5.41) is 5.16. The van der Waals surface area contributed by atoms with Gasteiger partial charge in [0, 0.05) is 36.3 Å². The second-order valence-electron chi connectivity index (χ2n) is 19.4. The zero-order chi connectivity index (χ0) is 45.7. The average molecular weight is 889 g/mol. The van der Waals surface area contributed by atoms with E-state index in [1.54, 1.807) is 29.3 Å². The van der Waals surface area contributed by atoms with Crippen LogP contribution in [0.2, 0.25) is 0 Å². The van der Waals surface area contributed by atoms with Crippen LogP contribution in [0.3, 0.4) is 0 Å². The number of H-pyrrole nitrogens is 2. The van der Waals surface area contributed by atoms with E-state index < -0.39 is 30.3 Å². The Morgan fingerprint density at radius 3 is 2.22 bits per heavy atom. The van der Waals surface area contributed by atoms with E-state index in [-0.39, 0.29) is 64.2 Å². The Balaban J connectivity index is 0.896. The van der Waals surface area contributed by atoms with E-state index in [0.717, 1.165) is 43.2 Å². The van der Waals surface area contributed by atoms with Crippen molar-refractivity contribution in [3.8, 4) is 33.5 Å². The van der Waals surface area contributed by atoms with Crippen molar-refractivity contribution in [1.82, 2.24) is 40.4 Å². The number of carbonyl (C=O) groups excluding carboxylic acids is 4. The minimum absolute atomic E-state index is 0.00198. The first-order chi connectivity index (χ1) is 31.1. The highest BCUT2D eigenvalue weighted by Crippen LogP contribution is 2.59. The van der Waals surface area contributed by atoms with E-state index in [4.69, 9.17) is 14.5 Å². The van der Waals surface area contributed by atoms with Crippen molar-refractivity contribution in [2.24, 2.45) is 23.2 Å². The molecular weight excluding hydrogens is 835 g/mol. The molecule has 4 heterocycles. The van der Waals surface area contributed by atoms with E-state index in [1.165, 1.54) is 20.2 Å². The molecule has 10 rings (SSSR count). The van der Waals surface area contributed by atoms with Gasteiger partial charge in [-0.05, 0) is 108 Å². The van der Waals surface area contributed by atoms with Gasteiger partial charge in [0.15, 0.2) is 6.10 Å². The maximum atomic E-state index is 16.7. The highest BCUT2D eigenvalue weighted by molar-refractivity contribution is 5.89. The summed E-state index contributed by atoms with van der Waals surface area (Å²) in [5.74, 6) is -2.69. The molecule has 2 aliphatic heterocycles. The molecule has 2 aromatic heterocycles. The fraction of sp³-hybridized carbons (Fsp3) is 0.469. The Hall–Kier alpha value is -6.32. The van der Waals surface area contributed by atoms with Crippen LogP contribution in [-0.4, -0.2) is 92.6 Å². The summed E-state index contributed by atoms with van der Waals surface area (Å²) < 4.78 is 43.7. The van der Waals surface area contributed by atoms with Crippen LogP contribution in [0.5, 0.6) is 0 Å². The number of likely N-dealkylation sites (tertiary alicyclic amines) is 2. The first kappa shape index (κ1) is 42.6. The Kier molecular flexibility index (Phi) is 10.3. The van der Waals surface area contributed by atoms with Gasteiger partial charge in [-0.2, -0.15) is 8.78 Å². The summed E-state index contributed by atoms with van der Waals surface area (Å²) in [5.41, 5.74) is 4.65. The van der Waals surface area contributed by atoms with Crippen LogP contribution in [0.15, 0.2) is 60.8 Å². The van der Waals surface area contributed by atoms with Crippen LogP contribution in [0.4, 0.5) is 18.4 Å². The molecule has 340 valence electrons. The molecule has 14 nitrogen and oxygen atoms in total. The van der Waals surface area contributed by atoms with Crippen LogP contribution in [-0.2, 0) is 25.0 Å². The number of amides is 4. The standard InChI is InChI=1S/C49H54F2N8O6/c1-24(2)39(57-47(63)64-6)44(60)59-30-11-7-29(17-30)40(59)43-54-35-14-10-27(20-36(35)55-43)26-8-12-31-32-13-9-28(19-34(32)49(50,51)33(31)18-26)37-22-53-42(56-37)38-21-48(15-16-48)23-58(38)45(61)41(25(3)4)65-46(62)52-5/h8-10,12-14,18-20,22,24-25,29-30,38-41H,7,11,15-17,21,23H2,1-6H3,(H,52,62)(H,53,56)(H,54,55)(H,57,63)/t29-,30+,38-,39-,40-,41-/m0/s1. The number of ether oxygens (including phenoxy) is 2. The molecule has 2 bridgehead atoms. The predicted octanol–water partition coefficient (Wildman–Crippen LogP) is 8.61. The van der Waals surface area contributed by atoms with Crippen LogP contribution >= 0.6 is 0 Å². The van der Waals surface area contributed by atoms with Crippen molar-refractivity contribution in [2.75, 3.05) is 20.7 Å². The number of methoxy groups -OCH3 is 1. The van der Waals surface area contributed by atoms with Crippen molar-refractivity contribution in [3.05, 3.63) is 83.6 Å². The van der Waals surface area contributed by atoms with Gasteiger partial charge < -0.3 is 39.9 Å². The second-order valence-corrected chi connectivity index (χ2v) is 19.4. The van der Waals surface area contributed by atoms with Gasteiger partial charge >= 0.3 is 12.2 Å². The summed E-state index contributed by atoms with van der Waals surface area (Å²) >= 11 is 0. The third kappa shape index (κ3) is 7.19. The number of alkyl carbamates (subject to hydrolysis) is 2. The summed E-state index contributed by atoms with van der Waals surface area (Å²) in [7, 11) is 2.73. The summed E-state index contributed by atoms with van der Waals surface area (Å²) in [6.07, 6.45) is 4.75. The number of alkyl halides is 2. The Bertz CT molecular complexity index is 2740. The van der Waals surface area contributed by atoms with E-state index in [2.05, 4.69) is 25.6 Å². The van der Waals surface area contributed by atoms with E-state index >= 15 is 8.78 Å². The van der Waals surface area contributed by atoms with Crippen molar-refractivity contribution in [2.45, 2.75) is 102 Å². The number of piperidine rings is 1. The Morgan fingerprint density at radius 1 is 0.846 bits per heavy atom. The SMILES string of the molecule is CNC(=O)O[C@H](C(=O)N1CC2(CC2)C[C@H]1c1ncc(-c2ccc3c(c2)C(F)(F)c2cc(-c4ccc5nc([C@@H]6[C@H]7CC[C@H](C7)N6C(=O)[C@@H](NC(=O)OC)C(C)C)[nH]c5c4)ccc2-3)[nH]1)C(C)C. The molecule has 4 amide bonds. The third-order valence-corrected chi connectivity index (χ3v) is 14.6. The topological polar surface area (TPSA) is 175 Å². The predicted molar refractivity (Wildman–Crippen MR) is 237 cm³/mol. The highest BCUT2D eigenvalue weighted by Gasteiger charge is 2.56.